The van der Waals surface area contributed by atoms with Crippen molar-refractivity contribution < 1.29 is 26.7 Å². The number of halogens is 6. The summed E-state index contributed by atoms with van der Waals surface area (Å²) in [5.74, 6) is -3.56. The van der Waals surface area contributed by atoms with Gasteiger partial charge in [0, 0.05) is 16.7 Å². The maximum absolute atomic E-state index is 13.4. The second-order valence-corrected chi connectivity index (χ2v) is 4.60. The molecular formula is C12H5BrF5NO. The number of benzene rings is 1. The number of rotatable bonds is 2. The van der Waals surface area contributed by atoms with Crippen LogP contribution in [-0.2, 0) is 6.18 Å². The zero-order valence-corrected chi connectivity index (χ0v) is 11.1. The van der Waals surface area contributed by atoms with Gasteiger partial charge in [-0.3, -0.25) is 0 Å². The molecule has 0 saturated carbocycles. The third-order valence-corrected chi connectivity index (χ3v) is 2.69. The van der Waals surface area contributed by atoms with Crippen molar-refractivity contribution in [1.82, 2.24) is 4.98 Å². The molecule has 0 N–H and O–H groups in total. The molecule has 8 heteroatoms. The molecule has 0 atom stereocenters. The number of pyridine rings is 1. The van der Waals surface area contributed by atoms with Crippen LogP contribution in [0.4, 0.5) is 22.0 Å². The third kappa shape index (κ3) is 3.24. The van der Waals surface area contributed by atoms with Crippen molar-refractivity contribution in [3.63, 3.8) is 0 Å². The number of alkyl halides is 3. The van der Waals surface area contributed by atoms with Gasteiger partial charge >= 0.3 is 6.18 Å². The van der Waals surface area contributed by atoms with Crippen LogP contribution in [-0.4, -0.2) is 4.98 Å². The zero-order valence-electron chi connectivity index (χ0n) is 9.51. The van der Waals surface area contributed by atoms with Crippen LogP contribution in [0.5, 0.6) is 11.6 Å². The number of aromatic nitrogens is 1. The Morgan fingerprint density at radius 3 is 2.45 bits per heavy atom. The quantitative estimate of drug-likeness (QED) is 0.563. The normalized spacial score (nSPS) is 11.5. The summed E-state index contributed by atoms with van der Waals surface area (Å²) in [6.45, 7) is 0. The first-order valence-corrected chi connectivity index (χ1v) is 5.92. The molecule has 2 rings (SSSR count). The first-order chi connectivity index (χ1) is 9.27. The maximum atomic E-state index is 13.4. The number of hydrogen-bond acceptors (Lipinski definition) is 2. The fourth-order valence-corrected chi connectivity index (χ4v) is 1.77. The molecule has 20 heavy (non-hydrogen) atoms. The molecule has 0 bridgehead atoms. The van der Waals surface area contributed by atoms with Crippen molar-refractivity contribution in [2.24, 2.45) is 0 Å². The van der Waals surface area contributed by atoms with E-state index in [1.54, 1.807) is 0 Å². The number of hydrogen-bond donors (Lipinski definition) is 0. The Bertz CT molecular complexity index is 644. The van der Waals surface area contributed by atoms with Crippen LogP contribution in [0.25, 0.3) is 0 Å². The molecule has 0 aliphatic heterocycles. The second-order valence-electron chi connectivity index (χ2n) is 3.68. The van der Waals surface area contributed by atoms with Gasteiger partial charge in [-0.2, -0.15) is 17.6 Å². The molecule has 1 heterocycles. The van der Waals surface area contributed by atoms with Crippen LogP contribution < -0.4 is 4.74 Å². The molecule has 0 saturated heterocycles. The van der Waals surface area contributed by atoms with Gasteiger partial charge in [0.15, 0.2) is 11.6 Å². The minimum Gasteiger partial charge on any atom is -0.436 e. The Hall–Kier alpha value is -1.70. The monoisotopic (exact) mass is 353 g/mol. The molecule has 1 aromatic heterocycles. The summed E-state index contributed by atoms with van der Waals surface area (Å²) in [6, 6.07) is 3.28. The molecule has 0 radical (unpaired) electrons. The van der Waals surface area contributed by atoms with Crippen molar-refractivity contribution in [2.75, 3.05) is 0 Å². The summed E-state index contributed by atoms with van der Waals surface area (Å²) in [7, 11) is 0. The molecule has 106 valence electrons. The van der Waals surface area contributed by atoms with Gasteiger partial charge in [-0.15, -0.1) is 0 Å². The van der Waals surface area contributed by atoms with Gasteiger partial charge in [-0.25, -0.2) is 9.37 Å². The Morgan fingerprint density at radius 1 is 1.10 bits per heavy atom. The van der Waals surface area contributed by atoms with Gasteiger partial charge in [0.1, 0.15) is 0 Å². The van der Waals surface area contributed by atoms with E-state index in [2.05, 4.69) is 20.9 Å². The molecule has 1 aromatic carbocycles. The average molecular weight is 354 g/mol. The third-order valence-electron chi connectivity index (χ3n) is 2.24. The molecule has 2 aromatic rings. The Labute approximate surface area is 118 Å². The van der Waals surface area contributed by atoms with Gasteiger partial charge in [0.2, 0.25) is 11.7 Å². The SMILES string of the molecule is Fc1cc(Br)cc(Oc2cc(C(F)(F)F)ccn2)c1F. The Kier molecular flexibility index (Phi) is 3.94. The summed E-state index contributed by atoms with van der Waals surface area (Å²) in [5, 5.41) is 0. The second kappa shape index (κ2) is 5.35. The number of ether oxygens (including phenoxy) is 1. The summed E-state index contributed by atoms with van der Waals surface area (Å²) in [4.78, 5) is 3.52. The van der Waals surface area contributed by atoms with Crippen molar-refractivity contribution in [3.05, 3.63) is 52.1 Å². The summed E-state index contributed by atoms with van der Waals surface area (Å²) >= 11 is 2.92. The van der Waals surface area contributed by atoms with Crippen molar-refractivity contribution in [3.8, 4) is 11.6 Å². The van der Waals surface area contributed by atoms with Crippen LogP contribution in [0.15, 0.2) is 34.9 Å². The molecule has 2 nitrogen and oxygen atoms in total. The van der Waals surface area contributed by atoms with Crippen molar-refractivity contribution in [2.45, 2.75) is 6.18 Å². The molecule has 0 fully saturated rings. The average Bonchev–Trinajstić information content (AvgIpc) is 2.35. The van der Waals surface area contributed by atoms with Crippen LogP contribution in [0.2, 0.25) is 0 Å². The van der Waals surface area contributed by atoms with Gasteiger partial charge in [0.25, 0.3) is 0 Å². The highest BCUT2D eigenvalue weighted by Gasteiger charge is 2.31. The highest BCUT2D eigenvalue weighted by atomic mass is 79.9. The van der Waals surface area contributed by atoms with E-state index in [4.69, 9.17) is 4.74 Å². The lowest BCUT2D eigenvalue weighted by Gasteiger charge is -2.10. The maximum Gasteiger partial charge on any atom is 0.416 e. The van der Waals surface area contributed by atoms with Crippen LogP contribution in [0.1, 0.15) is 5.56 Å². The highest BCUT2D eigenvalue weighted by Crippen LogP contribution is 2.33. The van der Waals surface area contributed by atoms with Gasteiger partial charge in [-0.1, -0.05) is 15.9 Å². The van der Waals surface area contributed by atoms with Crippen LogP contribution >= 0.6 is 15.9 Å². The lowest BCUT2D eigenvalue weighted by atomic mass is 10.2. The van der Waals surface area contributed by atoms with Crippen LogP contribution in [0, 0.1) is 11.6 Å². The topological polar surface area (TPSA) is 22.1 Å². The minimum absolute atomic E-state index is 0.179. The van der Waals surface area contributed by atoms with Crippen LogP contribution in [0.3, 0.4) is 0 Å². The van der Waals surface area contributed by atoms with E-state index in [0.29, 0.717) is 6.07 Å². The molecular weight excluding hydrogens is 349 g/mol. The van der Waals surface area contributed by atoms with E-state index >= 15 is 0 Å². The predicted octanol–water partition coefficient (Wildman–Crippen LogP) is 4.93. The number of nitrogens with zero attached hydrogens (tertiary/aromatic N) is 1. The first kappa shape index (κ1) is 14.7. The minimum atomic E-state index is -4.58. The van der Waals surface area contributed by atoms with E-state index in [-0.39, 0.29) is 4.47 Å². The zero-order chi connectivity index (χ0) is 14.9. The molecule has 0 spiro atoms. The lowest BCUT2D eigenvalue weighted by Crippen LogP contribution is -2.05. The van der Waals surface area contributed by atoms with E-state index < -0.39 is 35.0 Å². The van der Waals surface area contributed by atoms with Crippen molar-refractivity contribution >= 4 is 15.9 Å². The standard InChI is InChI=1S/C12H5BrF5NO/c13-7-4-8(14)11(15)9(5-7)20-10-3-6(1-2-19-10)12(16,17)18/h1-5H. The Morgan fingerprint density at radius 2 is 1.80 bits per heavy atom. The van der Waals surface area contributed by atoms with E-state index in [0.717, 1.165) is 24.4 Å². The smallest absolute Gasteiger partial charge is 0.416 e. The fraction of sp³-hybridized carbons (Fsp3) is 0.0833. The highest BCUT2D eigenvalue weighted by molar-refractivity contribution is 9.10. The summed E-state index contributed by atoms with van der Waals surface area (Å²) < 4.78 is 69.1. The first-order valence-electron chi connectivity index (χ1n) is 5.13. The fourth-order valence-electron chi connectivity index (χ4n) is 1.36. The molecule has 0 aliphatic rings. The lowest BCUT2D eigenvalue weighted by molar-refractivity contribution is -0.137. The van der Waals surface area contributed by atoms with Crippen molar-refractivity contribution in [1.29, 1.82) is 0 Å². The molecule has 0 aliphatic carbocycles. The van der Waals surface area contributed by atoms with E-state index in [1.165, 1.54) is 0 Å². The van der Waals surface area contributed by atoms with E-state index in [9.17, 15) is 22.0 Å². The molecule has 0 unspecified atom stereocenters. The van der Waals surface area contributed by atoms with Gasteiger partial charge in [-0.05, 0) is 18.2 Å². The van der Waals surface area contributed by atoms with E-state index in [1.807, 2.05) is 0 Å². The molecule has 0 amide bonds. The summed E-state index contributed by atoms with van der Waals surface area (Å²) in [5.41, 5.74) is -1.00. The van der Waals surface area contributed by atoms with Gasteiger partial charge in [0.05, 0.1) is 5.56 Å². The van der Waals surface area contributed by atoms with Gasteiger partial charge < -0.3 is 4.74 Å². The largest absolute Gasteiger partial charge is 0.436 e. The Balaban J connectivity index is 2.36. The predicted molar refractivity (Wildman–Crippen MR) is 63.4 cm³/mol. The summed E-state index contributed by atoms with van der Waals surface area (Å²) in [6.07, 6.45) is -3.72.